The minimum atomic E-state index is -4.66. The van der Waals surface area contributed by atoms with Crippen LogP contribution >= 0.6 is 11.3 Å². The van der Waals surface area contributed by atoms with Crippen LogP contribution in [0.1, 0.15) is 43.2 Å². The van der Waals surface area contributed by atoms with Crippen molar-refractivity contribution in [2.45, 2.75) is 51.5 Å². The molecule has 0 bridgehead atoms. The summed E-state index contributed by atoms with van der Waals surface area (Å²) in [6.45, 7) is 3.43. The molecule has 2 rings (SSSR count). The Labute approximate surface area is 195 Å². The molecular formula is C21H19F6N5OS. The minimum absolute atomic E-state index is 0.0294. The van der Waals surface area contributed by atoms with E-state index in [1.807, 2.05) is 26.8 Å². The Morgan fingerprint density at radius 3 is 2.29 bits per heavy atom. The summed E-state index contributed by atoms with van der Waals surface area (Å²) in [6.07, 6.45) is -7.25. The maximum absolute atomic E-state index is 12.8. The number of hydrogen-bond donors (Lipinski definition) is 0. The highest BCUT2D eigenvalue weighted by molar-refractivity contribution is 7.09. The first-order valence-corrected chi connectivity index (χ1v) is 10.5. The van der Waals surface area contributed by atoms with Crippen LogP contribution in [0.2, 0.25) is 0 Å². The number of halogens is 6. The lowest BCUT2D eigenvalue weighted by Crippen LogP contribution is -2.22. The molecule has 13 heteroatoms. The van der Waals surface area contributed by atoms with Gasteiger partial charge in [0, 0.05) is 17.6 Å². The van der Waals surface area contributed by atoms with Gasteiger partial charge in [0.1, 0.15) is 5.75 Å². The molecule has 1 heterocycles. The van der Waals surface area contributed by atoms with Crippen molar-refractivity contribution >= 4 is 17.2 Å². The van der Waals surface area contributed by atoms with Crippen LogP contribution < -0.4 is 9.54 Å². The fourth-order valence-corrected chi connectivity index (χ4v) is 3.64. The number of nitriles is 2. The number of ether oxygens (including phenoxy) is 1. The number of rotatable bonds is 5. The fourth-order valence-electron chi connectivity index (χ4n) is 2.56. The smallest absolute Gasteiger partial charge is 0.422 e. The Bertz CT molecular complexity index is 1200. The highest BCUT2D eigenvalue weighted by Crippen LogP contribution is 2.27. The van der Waals surface area contributed by atoms with Gasteiger partial charge in [-0.25, -0.2) is 0 Å². The average Bonchev–Trinajstić information content (AvgIpc) is 3.12. The average molecular weight is 503 g/mol. The largest absolute Gasteiger partial charge is 0.483 e. The first kappa shape index (κ1) is 26.9. The van der Waals surface area contributed by atoms with Crippen molar-refractivity contribution in [3.8, 4) is 18.0 Å². The molecule has 0 aliphatic rings. The maximum atomic E-state index is 12.8. The molecule has 0 saturated carbocycles. The molecule has 34 heavy (non-hydrogen) atoms. The van der Waals surface area contributed by atoms with E-state index in [0.29, 0.717) is 4.88 Å². The molecule has 1 aromatic heterocycles. The lowest BCUT2D eigenvalue weighted by atomic mass is 9.95. The normalized spacial score (nSPS) is 13.5. The lowest BCUT2D eigenvalue weighted by Gasteiger charge is -2.14. The van der Waals surface area contributed by atoms with Crippen LogP contribution in [0, 0.1) is 22.8 Å². The van der Waals surface area contributed by atoms with E-state index in [9.17, 15) is 31.6 Å². The highest BCUT2D eigenvalue weighted by Gasteiger charge is 2.30. The molecule has 1 aromatic carbocycles. The molecule has 6 nitrogen and oxygen atoms in total. The van der Waals surface area contributed by atoms with Crippen LogP contribution in [0.5, 0.6) is 5.75 Å². The van der Waals surface area contributed by atoms with E-state index in [0.717, 1.165) is 23.5 Å². The zero-order valence-electron chi connectivity index (χ0n) is 18.3. The number of nitrogens with zero attached hydrogens (tertiary/aromatic N) is 5. The first-order chi connectivity index (χ1) is 15.6. The summed E-state index contributed by atoms with van der Waals surface area (Å²) in [5.74, 6) is -0.747. The Hall–Kier alpha value is -3.32. The van der Waals surface area contributed by atoms with Crippen LogP contribution in [0.25, 0.3) is 0 Å². The molecule has 182 valence electrons. The van der Waals surface area contributed by atoms with E-state index in [2.05, 4.69) is 9.98 Å². The molecule has 0 saturated heterocycles. The summed E-state index contributed by atoms with van der Waals surface area (Å²) in [7, 11) is 0. The van der Waals surface area contributed by atoms with Gasteiger partial charge in [0.2, 0.25) is 6.19 Å². The van der Waals surface area contributed by atoms with Gasteiger partial charge in [-0.15, -0.1) is 11.3 Å². The van der Waals surface area contributed by atoms with Crippen molar-refractivity contribution in [2.75, 3.05) is 6.61 Å². The van der Waals surface area contributed by atoms with Crippen molar-refractivity contribution in [2.24, 2.45) is 9.98 Å². The molecule has 0 N–H and O–H groups in total. The van der Waals surface area contributed by atoms with Gasteiger partial charge in [-0.3, -0.25) is 0 Å². The van der Waals surface area contributed by atoms with Gasteiger partial charge >= 0.3 is 12.4 Å². The van der Waals surface area contributed by atoms with Crippen molar-refractivity contribution in [1.82, 2.24) is 4.57 Å². The van der Waals surface area contributed by atoms with E-state index in [1.165, 1.54) is 23.0 Å². The summed E-state index contributed by atoms with van der Waals surface area (Å²) >= 11 is 1.05. The number of aryl methyl sites for hydroxylation is 1. The van der Waals surface area contributed by atoms with Gasteiger partial charge in [0.25, 0.3) is 0 Å². The van der Waals surface area contributed by atoms with Gasteiger partial charge in [0.15, 0.2) is 17.2 Å². The van der Waals surface area contributed by atoms with E-state index < -0.39 is 43.2 Å². The number of hydrogen-bond acceptors (Lipinski definition) is 5. The first-order valence-electron chi connectivity index (χ1n) is 9.66. The summed E-state index contributed by atoms with van der Waals surface area (Å²) in [6, 6.07) is 5.28. The second kappa shape index (κ2) is 10.3. The molecule has 0 aliphatic carbocycles. The lowest BCUT2D eigenvalue weighted by molar-refractivity contribution is -0.153. The zero-order chi connectivity index (χ0) is 25.7. The molecule has 0 radical (unpaired) electrons. The van der Waals surface area contributed by atoms with Gasteiger partial charge < -0.3 is 9.30 Å². The summed E-state index contributed by atoms with van der Waals surface area (Å²) in [5, 5.41) is 18.3. The third-order valence-electron chi connectivity index (χ3n) is 4.19. The summed E-state index contributed by atoms with van der Waals surface area (Å²) in [4.78, 5) is 8.49. The third-order valence-corrected chi connectivity index (χ3v) is 5.64. The van der Waals surface area contributed by atoms with Crippen molar-refractivity contribution in [1.29, 1.82) is 10.5 Å². The topological polar surface area (TPSA) is 86.5 Å². The SMILES string of the molecule is CC(C)(C)c1cn(CCC(F)(F)F)/c(=N/C(=NC#N)c2cc(C#N)ccc2OCC(F)(F)F)s1. The monoisotopic (exact) mass is 503 g/mol. The predicted octanol–water partition coefficient (Wildman–Crippen LogP) is 5.44. The fraction of sp³-hybridized carbons (Fsp3) is 0.429. The second-order valence-corrected chi connectivity index (χ2v) is 9.07. The number of thiazole rings is 1. The Morgan fingerprint density at radius 1 is 1.09 bits per heavy atom. The van der Waals surface area contributed by atoms with Crippen LogP contribution in [-0.2, 0) is 12.0 Å². The molecular weight excluding hydrogens is 484 g/mol. The standard InChI is InChI=1S/C21H19F6N5OS/c1-19(2,3)16-10-32(7-6-20(22,23)24)18(34-16)31-17(30-12-29)14-8-13(9-28)4-5-15(14)33-11-21(25,26)27/h4-5,8,10H,6-7,11H2,1-3H3/b30-17?,31-18-. The molecule has 0 fully saturated rings. The van der Waals surface area contributed by atoms with Crippen molar-refractivity contribution in [3.63, 3.8) is 0 Å². The molecule has 0 atom stereocenters. The number of aliphatic imine (C=N–C) groups is 1. The van der Waals surface area contributed by atoms with Crippen LogP contribution in [-0.4, -0.2) is 29.4 Å². The van der Waals surface area contributed by atoms with E-state index in [4.69, 9.17) is 10.00 Å². The molecule has 0 spiro atoms. The second-order valence-electron chi connectivity index (χ2n) is 8.06. The molecule has 0 unspecified atom stereocenters. The molecule has 2 aromatic rings. The number of alkyl halides is 6. The van der Waals surface area contributed by atoms with Crippen LogP contribution in [0.15, 0.2) is 34.4 Å². The Kier molecular flexibility index (Phi) is 8.16. The minimum Gasteiger partial charge on any atom is -0.483 e. The van der Waals surface area contributed by atoms with Crippen molar-refractivity contribution < 1.29 is 31.1 Å². The van der Waals surface area contributed by atoms with E-state index in [-0.39, 0.29) is 21.7 Å². The van der Waals surface area contributed by atoms with E-state index in [1.54, 1.807) is 0 Å². The van der Waals surface area contributed by atoms with Gasteiger partial charge in [0.05, 0.1) is 23.6 Å². The number of aromatic nitrogens is 1. The predicted molar refractivity (Wildman–Crippen MR) is 112 cm³/mol. The van der Waals surface area contributed by atoms with Crippen molar-refractivity contribution in [3.05, 3.63) is 45.2 Å². The number of benzene rings is 1. The number of amidine groups is 1. The third kappa shape index (κ3) is 7.92. The van der Waals surface area contributed by atoms with Gasteiger partial charge in [-0.1, -0.05) is 20.8 Å². The zero-order valence-corrected chi connectivity index (χ0v) is 19.1. The van der Waals surface area contributed by atoms with Gasteiger partial charge in [-0.2, -0.15) is 46.9 Å². The maximum Gasteiger partial charge on any atom is 0.422 e. The van der Waals surface area contributed by atoms with Gasteiger partial charge in [-0.05, 0) is 23.6 Å². The van der Waals surface area contributed by atoms with Crippen LogP contribution in [0.3, 0.4) is 0 Å². The highest BCUT2D eigenvalue weighted by atomic mass is 32.1. The Morgan fingerprint density at radius 2 is 1.76 bits per heavy atom. The van der Waals surface area contributed by atoms with E-state index >= 15 is 0 Å². The quantitative estimate of drug-likeness (QED) is 0.236. The molecule has 0 amide bonds. The Balaban J connectivity index is 2.68. The molecule has 0 aliphatic heterocycles. The summed E-state index contributed by atoms with van der Waals surface area (Å²) in [5.41, 5.74) is -0.591. The summed E-state index contributed by atoms with van der Waals surface area (Å²) < 4.78 is 82.6. The van der Waals surface area contributed by atoms with Crippen LogP contribution in [0.4, 0.5) is 26.3 Å².